The van der Waals surface area contributed by atoms with E-state index < -0.39 is 0 Å². The van der Waals surface area contributed by atoms with Crippen LogP contribution in [-0.2, 0) is 0 Å². The molecule has 0 aromatic heterocycles. The molecule has 1 nitrogen and oxygen atoms in total. The molecule has 0 saturated heterocycles. The molecule has 0 aromatic rings. The minimum Gasteiger partial charge on any atom is -0.294 e. The van der Waals surface area contributed by atoms with Gasteiger partial charge in [0.05, 0.1) is 0 Å². The highest BCUT2D eigenvalue weighted by Gasteiger charge is 2.22. The average molecular weight is 167 g/mol. The van der Waals surface area contributed by atoms with Crippen LogP contribution in [0.15, 0.2) is 11.6 Å². The van der Waals surface area contributed by atoms with Gasteiger partial charge in [-0.05, 0) is 33.2 Å². The average Bonchev–Trinajstić information content (AvgIpc) is 2.03. The smallest absolute Gasteiger partial charge is 0.0255 e. The molecule has 0 N–H and O–H groups in total. The van der Waals surface area contributed by atoms with Crippen molar-refractivity contribution >= 4 is 0 Å². The van der Waals surface area contributed by atoms with Crippen LogP contribution in [-0.4, -0.2) is 23.5 Å². The Bertz CT molecular complexity index is 172. The summed E-state index contributed by atoms with van der Waals surface area (Å²) in [5.74, 6) is 0. The van der Waals surface area contributed by atoms with E-state index in [0.717, 1.165) is 6.04 Å². The number of likely N-dealkylation sites (N-methyl/N-ethyl adjacent to an activating group) is 1. The molecule has 0 spiro atoms. The molecule has 12 heavy (non-hydrogen) atoms. The van der Waals surface area contributed by atoms with Crippen molar-refractivity contribution < 1.29 is 0 Å². The Morgan fingerprint density at radius 3 is 2.50 bits per heavy atom. The molecule has 70 valence electrons. The lowest BCUT2D eigenvalue weighted by molar-refractivity contribution is 0.175. The van der Waals surface area contributed by atoms with E-state index in [1.54, 1.807) is 5.57 Å². The van der Waals surface area contributed by atoms with Crippen LogP contribution < -0.4 is 0 Å². The zero-order valence-electron chi connectivity index (χ0n) is 8.80. The monoisotopic (exact) mass is 167 g/mol. The first-order valence-corrected chi connectivity index (χ1v) is 5.14. The van der Waals surface area contributed by atoms with Crippen molar-refractivity contribution in [2.24, 2.45) is 0 Å². The summed E-state index contributed by atoms with van der Waals surface area (Å²) in [6, 6.07) is 1.39. The molecule has 0 amide bonds. The van der Waals surface area contributed by atoms with E-state index >= 15 is 0 Å². The van der Waals surface area contributed by atoms with E-state index in [4.69, 9.17) is 0 Å². The Morgan fingerprint density at radius 2 is 2.08 bits per heavy atom. The van der Waals surface area contributed by atoms with Crippen molar-refractivity contribution in [2.45, 2.75) is 52.6 Å². The van der Waals surface area contributed by atoms with Gasteiger partial charge in [0, 0.05) is 12.1 Å². The molecule has 1 heterocycles. The molecule has 0 aliphatic carbocycles. The van der Waals surface area contributed by atoms with E-state index in [1.807, 2.05) is 0 Å². The summed E-state index contributed by atoms with van der Waals surface area (Å²) in [4.78, 5) is 2.55. The molecule has 1 heteroatoms. The molecule has 0 bridgehead atoms. The summed E-state index contributed by atoms with van der Waals surface area (Å²) in [7, 11) is 0. The lowest BCUT2D eigenvalue weighted by Gasteiger charge is -2.37. The van der Waals surface area contributed by atoms with Gasteiger partial charge >= 0.3 is 0 Å². The summed E-state index contributed by atoms with van der Waals surface area (Å²) in [5.41, 5.74) is 1.64. The Balaban J connectivity index is 2.69. The second-order valence-electron chi connectivity index (χ2n) is 3.80. The van der Waals surface area contributed by atoms with Gasteiger partial charge in [-0.1, -0.05) is 25.5 Å². The molecule has 0 radical (unpaired) electrons. The van der Waals surface area contributed by atoms with Gasteiger partial charge in [-0.2, -0.15) is 0 Å². The fourth-order valence-corrected chi connectivity index (χ4v) is 2.26. The second-order valence-corrected chi connectivity index (χ2v) is 3.80. The van der Waals surface area contributed by atoms with Crippen molar-refractivity contribution in [1.29, 1.82) is 0 Å². The molecule has 1 rings (SSSR count). The van der Waals surface area contributed by atoms with Gasteiger partial charge in [-0.3, -0.25) is 4.90 Å². The van der Waals surface area contributed by atoms with Gasteiger partial charge < -0.3 is 0 Å². The van der Waals surface area contributed by atoms with E-state index in [0.29, 0.717) is 6.04 Å². The van der Waals surface area contributed by atoms with Gasteiger partial charge in [0.1, 0.15) is 0 Å². The fourth-order valence-electron chi connectivity index (χ4n) is 2.26. The molecular formula is C11H21N. The molecule has 1 aliphatic rings. The number of hydrogen-bond acceptors (Lipinski definition) is 1. The predicted octanol–water partition coefficient (Wildman–Crippen LogP) is 2.83. The van der Waals surface area contributed by atoms with Crippen molar-refractivity contribution in [2.75, 3.05) is 6.54 Å². The van der Waals surface area contributed by atoms with E-state index in [1.165, 1.54) is 19.4 Å². The Hall–Kier alpha value is -0.300. The van der Waals surface area contributed by atoms with Gasteiger partial charge in [-0.15, -0.1) is 0 Å². The topological polar surface area (TPSA) is 3.24 Å². The van der Waals surface area contributed by atoms with Crippen LogP contribution in [0.1, 0.15) is 40.5 Å². The van der Waals surface area contributed by atoms with Crippen LogP contribution in [0, 0.1) is 0 Å². The summed E-state index contributed by atoms with van der Waals surface area (Å²) < 4.78 is 0. The highest BCUT2D eigenvalue weighted by molar-refractivity contribution is 5.12. The van der Waals surface area contributed by atoms with E-state index in [-0.39, 0.29) is 0 Å². The molecule has 0 saturated carbocycles. The first-order valence-electron chi connectivity index (χ1n) is 5.14. The number of rotatable bonds is 2. The molecule has 0 fully saturated rings. The van der Waals surface area contributed by atoms with Crippen molar-refractivity contribution in [3.63, 3.8) is 0 Å². The molecule has 0 aromatic carbocycles. The maximum atomic E-state index is 2.55. The summed E-state index contributed by atoms with van der Waals surface area (Å²) in [5, 5.41) is 0. The van der Waals surface area contributed by atoms with Crippen LogP contribution in [0.2, 0.25) is 0 Å². The second kappa shape index (κ2) is 4.08. The first-order chi connectivity index (χ1) is 5.69. The summed E-state index contributed by atoms with van der Waals surface area (Å²) in [6.07, 6.45) is 4.93. The van der Waals surface area contributed by atoms with Crippen LogP contribution in [0.3, 0.4) is 0 Å². The van der Waals surface area contributed by atoms with Crippen LogP contribution in [0.25, 0.3) is 0 Å². The quantitative estimate of drug-likeness (QED) is 0.572. The first kappa shape index (κ1) is 9.79. The Labute approximate surface area is 76.5 Å². The standard InChI is InChI=1S/C11H21N/c1-5-11-7-9(3)12(6-2)10(4)8-11/h7,9-10H,5-6,8H2,1-4H3. The fraction of sp³-hybridized carbons (Fsp3) is 0.818. The molecule has 2 atom stereocenters. The van der Waals surface area contributed by atoms with Crippen LogP contribution >= 0.6 is 0 Å². The SMILES string of the molecule is CCC1=CC(C)N(CC)C(C)C1. The third-order valence-corrected chi connectivity index (χ3v) is 2.94. The Kier molecular flexibility index (Phi) is 3.33. The maximum absolute atomic E-state index is 2.55. The summed E-state index contributed by atoms with van der Waals surface area (Å²) >= 11 is 0. The summed E-state index contributed by atoms with van der Waals surface area (Å²) in [6.45, 7) is 10.3. The molecule has 1 aliphatic heterocycles. The lowest BCUT2D eigenvalue weighted by Crippen LogP contribution is -2.42. The lowest BCUT2D eigenvalue weighted by atomic mass is 9.95. The third-order valence-electron chi connectivity index (χ3n) is 2.94. The molecular weight excluding hydrogens is 146 g/mol. The van der Waals surface area contributed by atoms with Crippen molar-refractivity contribution in [3.8, 4) is 0 Å². The minimum atomic E-state index is 0.647. The Morgan fingerprint density at radius 1 is 1.42 bits per heavy atom. The van der Waals surface area contributed by atoms with Gasteiger partial charge in [-0.25, -0.2) is 0 Å². The largest absolute Gasteiger partial charge is 0.294 e. The van der Waals surface area contributed by atoms with Crippen molar-refractivity contribution in [1.82, 2.24) is 4.90 Å². The zero-order chi connectivity index (χ0) is 9.14. The highest BCUT2D eigenvalue weighted by Crippen LogP contribution is 2.23. The highest BCUT2D eigenvalue weighted by atomic mass is 15.2. The molecule has 2 unspecified atom stereocenters. The van der Waals surface area contributed by atoms with Gasteiger partial charge in [0.2, 0.25) is 0 Å². The van der Waals surface area contributed by atoms with Gasteiger partial charge in [0.15, 0.2) is 0 Å². The number of hydrogen-bond donors (Lipinski definition) is 0. The predicted molar refractivity (Wildman–Crippen MR) is 54.3 cm³/mol. The van der Waals surface area contributed by atoms with E-state index in [9.17, 15) is 0 Å². The minimum absolute atomic E-state index is 0.647. The number of nitrogens with zero attached hydrogens (tertiary/aromatic N) is 1. The van der Waals surface area contributed by atoms with Crippen LogP contribution in [0.4, 0.5) is 0 Å². The van der Waals surface area contributed by atoms with Crippen molar-refractivity contribution in [3.05, 3.63) is 11.6 Å². The zero-order valence-corrected chi connectivity index (χ0v) is 8.80. The van der Waals surface area contributed by atoms with E-state index in [2.05, 4.69) is 38.7 Å². The maximum Gasteiger partial charge on any atom is 0.0255 e. The van der Waals surface area contributed by atoms with Gasteiger partial charge in [0.25, 0.3) is 0 Å². The third kappa shape index (κ3) is 1.89. The normalized spacial score (nSPS) is 31.8. The van der Waals surface area contributed by atoms with Crippen LogP contribution in [0.5, 0.6) is 0 Å².